The number of hydrogen-bond donors (Lipinski definition) is 1. The topological polar surface area (TPSA) is 32.9 Å². The van der Waals surface area contributed by atoms with Crippen LogP contribution < -0.4 is 5.56 Å². The summed E-state index contributed by atoms with van der Waals surface area (Å²) in [5, 5.41) is 3.36. The zero-order valence-corrected chi connectivity index (χ0v) is 10.1. The zero-order chi connectivity index (χ0) is 12.0. The van der Waals surface area contributed by atoms with E-state index in [2.05, 4.69) is 4.98 Å². The van der Waals surface area contributed by atoms with Crippen molar-refractivity contribution >= 4 is 44.9 Å². The maximum atomic E-state index is 11.9. The molecule has 0 atom stereocenters. The molecule has 0 spiro atoms. The molecule has 84 valence electrons. The second kappa shape index (κ2) is 3.76. The van der Waals surface area contributed by atoms with Gasteiger partial charge in [0, 0.05) is 15.8 Å². The normalized spacial score (nSPS) is 11.2. The molecular weight excluding hydrogens is 257 g/mol. The Balaban J connectivity index is 2.68. The van der Waals surface area contributed by atoms with Crippen molar-refractivity contribution in [3.8, 4) is 0 Å². The molecule has 0 unspecified atom stereocenters. The third-order valence-electron chi connectivity index (χ3n) is 2.76. The Morgan fingerprint density at radius 3 is 2.41 bits per heavy atom. The molecule has 1 heterocycles. The Kier molecular flexibility index (Phi) is 2.35. The predicted molar refractivity (Wildman–Crippen MR) is 72.1 cm³/mol. The maximum absolute atomic E-state index is 11.9. The minimum Gasteiger partial charge on any atom is -0.320 e. The van der Waals surface area contributed by atoms with Crippen LogP contribution in [0.1, 0.15) is 0 Å². The second-order valence-corrected chi connectivity index (χ2v) is 4.65. The van der Waals surface area contributed by atoms with Crippen molar-refractivity contribution in [2.75, 3.05) is 0 Å². The van der Waals surface area contributed by atoms with Crippen LogP contribution in [-0.4, -0.2) is 4.98 Å². The first-order valence-electron chi connectivity index (χ1n) is 5.06. The van der Waals surface area contributed by atoms with Crippen LogP contribution in [0.3, 0.4) is 0 Å². The van der Waals surface area contributed by atoms with Crippen molar-refractivity contribution in [2.24, 2.45) is 0 Å². The van der Waals surface area contributed by atoms with Crippen molar-refractivity contribution in [2.45, 2.75) is 0 Å². The number of halogens is 2. The molecule has 0 aliphatic rings. The summed E-state index contributed by atoms with van der Waals surface area (Å²) in [5.41, 5.74) is 0.483. The molecule has 17 heavy (non-hydrogen) atoms. The van der Waals surface area contributed by atoms with Crippen molar-refractivity contribution in [1.82, 2.24) is 4.98 Å². The molecule has 2 aromatic carbocycles. The van der Waals surface area contributed by atoms with Gasteiger partial charge in [0.25, 0.3) is 5.56 Å². The third kappa shape index (κ3) is 1.61. The smallest absolute Gasteiger partial charge is 0.256 e. The largest absolute Gasteiger partial charge is 0.320 e. The van der Waals surface area contributed by atoms with Gasteiger partial charge in [0.15, 0.2) is 0 Å². The summed E-state index contributed by atoms with van der Waals surface area (Å²) < 4.78 is 0. The van der Waals surface area contributed by atoms with E-state index in [0.717, 1.165) is 10.8 Å². The van der Waals surface area contributed by atoms with Crippen LogP contribution in [0.25, 0.3) is 21.7 Å². The van der Waals surface area contributed by atoms with Gasteiger partial charge in [-0.15, -0.1) is 0 Å². The standard InChI is InChI=1S/C13H7Cl2NO/c14-7-5-10-8-3-1-2-4-9(8)13(17)16-12(10)11(15)6-7/h1-6H,(H,16,17). The molecule has 0 saturated heterocycles. The molecule has 1 aromatic heterocycles. The molecule has 0 amide bonds. The van der Waals surface area contributed by atoms with Gasteiger partial charge in [0.05, 0.1) is 10.5 Å². The Morgan fingerprint density at radius 1 is 0.941 bits per heavy atom. The fourth-order valence-corrected chi connectivity index (χ4v) is 2.55. The first kappa shape index (κ1) is 10.6. The minimum atomic E-state index is -0.141. The highest BCUT2D eigenvalue weighted by molar-refractivity contribution is 6.39. The number of rotatable bonds is 0. The van der Waals surface area contributed by atoms with E-state index in [1.54, 1.807) is 18.2 Å². The molecule has 0 radical (unpaired) electrons. The van der Waals surface area contributed by atoms with Crippen molar-refractivity contribution in [1.29, 1.82) is 0 Å². The molecule has 4 heteroatoms. The highest BCUT2D eigenvalue weighted by atomic mass is 35.5. The Labute approximate surface area is 107 Å². The lowest BCUT2D eigenvalue weighted by Gasteiger charge is -2.05. The van der Waals surface area contributed by atoms with Crippen LogP contribution >= 0.6 is 23.2 Å². The number of nitrogens with one attached hydrogen (secondary N) is 1. The van der Waals surface area contributed by atoms with E-state index < -0.39 is 0 Å². The summed E-state index contributed by atoms with van der Waals surface area (Å²) in [7, 11) is 0. The zero-order valence-electron chi connectivity index (χ0n) is 8.63. The van der Waals surface area contributed by atoms with Gasteiger partial charge in [-0.05, 0) is 23.6 Å². The van der Waals surface area contributed by atoms with Gasteiger partial charge in [-0.25, -0.2) is 0 Å². The molecule has 2 nitrogen and oxygen atoms in total. The second-order valence-electron chi connectivity index (χ2n) is 3.81. The summed E-state index contributed by atoms with van der Waals surface area (Å²) in [5.74, 6) is 0. The average Bonchev–Trinajstić information content (AvgIpc) is 2.31. The van der Waals surface area contributed by atoms with E-state index in [1.165, 1.54) is 0 Å². The number of pyridine rings is 1. The van der Waals surface area contributed by atoms with Gasteiger partial charge in [-0.3, -0.25) is 4.79 Å². The molecule has 3 aromatic rings. The molecule has 3 rings (SSSR count). The van der Waals surface area contributed by atoms with Gasteiger partial charge in [0.2, 0.25) is 0 Å². The van der Waals surface area contributed by atoms with Crippen LogP contribution in [-0.2, 0) is 0 Å². The molecule has 0 bridgehead atoms. The number of fused-ring (bicyclic) bond motifs is 3. The highest BCUT2D eigenvalue weighted by Gasteiger charge is 2.08. The van der Waals surface area contributed by atoms with E-state index in [4.69, 9.17) is 23.2 Å². The Morgan fingerprint density at radius 2 is 1.65 bits per heavy atom. The molecule has 0 fully saturated rings. The van der Waals surface area contributed by atoms with E-state index in [1.807, 2.05) is 18.2 Å². The van der Waals surface area contributed by atoms with Crippen LogP contribution in [0.4, 0.5) is 0 Å². The summed E-state index contributed by atoms with van der Waals surface area (Å²) >= 11 is 12.1. The van der Waals surface area contributed by atoms with Gasteiger partial charge < -0.3 is 4.98 Å². The summed E-state index contributed by atoms with van der Waals surface area (Å²) in [6.45, 7) is 0. The Hall–Kier alpha value is -1.51. The van der Waals surface area contributed by atoms with E-state index >= 15 is 0 Å². The molecule has 1 N–H and O–H groups in total. The number of hydrogen-bond acceptors (Lipinski definition) is 1. The van der Waals surface area contributed by atoms with Gasteiger partial charge in [0.1, 0.15) is 0 Å². The Bertz CT molecular complexity index is 792. The first-order chi connectivity index (χ1) is 8.16. The van der Waals surface area contributed by atoms with Crippen LogP contribution in [0.5, 0.6) is 0 Å². The van der Waals surface area contributed by atoms with Gasteiger partial charge in [-0.1, -0.05) is 41.4 Å². The third-order valence-corrected chi connectivity index (χ3v) is 3.27. The summed E-state index contributed by atoms with van der Waals surface area (Å²) in [4.78, 5) is 14.7. The van der Waals surface area contributed by atoms with Crippen LogP contribution in [0, 0.1) is 0 Å². The first-order valence-corrected chi connectivity index (χ1v) is 5.82. The lowest BCUT2D eigenvalue weighted by molar-refractivity contribution is 1.34. The molecular formula is C13H7Cl2NO. The van der Waals surface area contributed by atoms with E-state index in [-0.39, 0.29) is 5.56 Å². The average molecular weight is 264 g/mol. The van der Waals surface area contributed by atoms with Gasteiger partial charge in [-0.2, -0.15) is 0 Å². The fourth-order valence-electron chi connectivity index (χ4n) is 2.01. The molecule has 0 aliphatic carbocycles. The quantitative estimate of drug-likeness (QED) is 0.612. The summed E-state index contributed by atoms with van der Waals surface area (Å²) in [6, 6.07) is 10.8. The number of benzene rings is 2. The SMILES string of the molecule is O=c1[nH]c2c(Cl)cc(Cl)cc2c2ccccc12. The van der Waals surface area contributed by atoms with E-state index in [0.29, 0.717) is 20.9 Å². The number of aromatic amines is 1. The van der Waals surface area contributed by atoms with Crippen LogP contribution in [0.2, 0.25) is 10.0 Å². The van der Waals surface area contributed by atoms with Gasteiger partial charge >= 0.3 is 0 Å². The predicted octanol–water partition coefficient (Wildman–Crippen LogP) is 3.99. The van der Waals surface area contributed by atoms with E-state index in [9.17, 15) is 4.79 Å². The lowest BCUT2D eigenvalue weighted by atomic mass is 10.1. The molecule has 0 saturated carbocycles. The van der Waals surface area contributed by atoms with Crippen molar-refractivity contribution in [3.05, 3.63) is 56.8 Å². The summed E-state index contributed by atoms with van der Waals surface area (Å²) in [6.07, 6.45) is 0. The van der Waals surface area contributed by atoms with Crippen molar-refractivity contribution in [3.63, 3.8) is 0 Å². The maximum Gasteiger partial charge on any atom is 0.256 e. The number of aromatic nitrogens is 1. The van der Waals surface area contributed by atoms with Crippen LogP contribution in [0.15, 0.2) is 41.2 Å². The lowest BCUT2D eigenvalue weighted by Crippen LogP contribution is -2.06. The highest BCUT2D eigenvalue weighted by Crippen LogP contribution is 2.29. The molecule has 0 aliphatic heterocycles. The fraction of sp³-hybridized carbons (Fsp3) is 0. The van der Waals surface area contributed by atoms with Crippen molar-refractivity contribution < 1.29 is 0 Å². The number of H-pyrrole nitrogens is 1. The monoisotopic (exact) mass is 263 g/mol. The minimum absolute atomic E-state index is 0.141.